The Morgan fingerprint density at radius 2 is 2.28 bits per heavy atom. The zero-order valence-corrected chi connectivity index (χ0v) is 10.8. The second-order valence-corrected chi connectivity index (χ2v) is 4.06. The third-order valence-electron chi connectivity index (χ3n) is 2.46. The van der Waals surface area contributed by atoms with Crippen LogP contribution >= 0.6 is 0 Å². The van der Waals surface area contributed by atoms with E-state index < -0.39 is 0 Å². The van der Waals surface area contributed by atoms with E-state index in [0.29, 0.717) is 18.7 Å². The predicted molar refractivity (Wildman–Crippen MR) is 71.8 cm³/mol. The number of carbonyl (C=O) groups excluding carboxylic acids is 1. The molecule has 0 unspecified atom stereocenters. The first-order valence-corrected chi connectivity index (χ1v) is 5.74. The lowest BCUT2D eigenvalue weighted by atomic mass is 10.2. The number of aromatic nitrogens is 1. The highest BCUT2D eigenvalue weighted by Gasteiger charge is 2.14. The summed E-state index contributed by atoms with van der Waals surface area (Å²) < 4.78 is 0. The smallest absolute Gasteiger partial charge is 0.254 e. The Morgan fingerprint density at radius 3 is 2.83 bits per heavy atom. The number of carbonyl (C=O) groups is 1. The van der Waals surface area contributed by atoms with E-state index in [-0.39, 0.29) is 12.5 Å². The monoisotopic (exact) mass is 249 g/mol. The molecule has 5 nitrogen and oxygen atoms in total. The molecule has 18 heavy (non-hydrogen) atoms. The number of amides is 1. The average Bonchev–Trinajstić information content (AvgIpc) is 2.38. The summed E-state index contributed by atoms with van der Waals surface area (Å²) in [7, 11) is 3.73. The molecule has 1 amide bonds. The number of aliphatic hydroxyl groups excluding tert-OH is 1. The summed E-state index contributed by atoms with van der Waals surface area (Å²) in [4.78, 5) is 19.8. The average molecular weight is 249 g/mol. The minimum Gasteiger partial charge on any atom is -0.395 e. The summed E-state index contributed by atoms with van der Waals surface area (Å²) in [6.45, 7) is 4.26. The maximum absolute atomic E-state index is 12.2. The van der Waals surface area contributed by atoms with Gasteiger partial charge in [0, 0.05) is 38.9 Å². The van der Waals surface area contributed by atoms with E-state index >= 15 is 0 Å². The summed E-state index contributed by atoms with van der Waals surface area (Å²) in [5.74, 6) is 0.595. The lowest BCUT2D eigenvalue weighted by Gasteiger charge is -2.20. The largest absolute Gasteiger partial charge is 0.395 e. The molecule has 1 rings (SSSR count). The van der Waals surface area contributed by atoms with Gasteiger partial charge in [0.1, 0.15) is 5.82 Å². The third-order valence-corrected chi connectivity index (χ3v) is 2.46. The van der Waals surface area contributed by atoms with Crippen molar-refractivity contribution in [1.82, 2.24) is 9.88 Å². The van der Waals surface area contributed by atoms with Crippen LogP contribution in [-0.4, -0.2) is 54.7 Å². The van der Waals surface area contributed by atoms with Gasteiger partial charge in [0.25, 0.3) is 5.91 Å². The van der Waals surface area contributed by atoms with Crippen LogP contribution < -0.4 is 4.90 Å². The van der Waals surface area contributed by atoms with Crippen molar-refractivity contribution in [3.05, 3.63) is 36.5 Å². The Kier molecular flexibility index (Phi) is 5.32. The number of rotatable bonds is 6. The zero-order valence-electron chi connectivity index (χ0n) is 10.8. The van der Waals surface area contributed by atoms with Crippen LogP contribution in [0, 0.1) is 0 Å². The van der Waals surface area contributed by atoms with Crippen molar-refractivity contribution < 1.29 is 9.90 Å². The molecule has 5 heteroatoms. The van der Waals surface area contributed by atoms with Crippen LogP contribution in [0.3, 0.4) is 0 Å². The van der Waals surface area contributed by atoms with Crippen LogP contribution in [0.15, 0.2) is 31.0 Å². The van der Waals surface area contributed by atoms with Crippen LogP contribution in [0.5, 0.6) is 0 Å². The molecule has 0 saturated carbocycles. The molecule has 0 aromatic carbocycles. The Bertz CT molecular complexity index is 418. The minimum absolute atomic E-state index is 0.0643. The maximum atomic E-state index is 12.2. The second-order valence-electron chi connectivity index (χ2n) is 4.06. The first-order valence-electron chi connectivity index (χ1n) is 5.74. The number of aliphatic hydroxyl groups is 1. The molecular formula is C13H19N3O2. The fourth-order valence-corrected chi connectivity index (χ4v) is 1.53. The third kappa shape index (κ3) is 3.56. The molecule has 0 aliphatic carbocycles. The van der Waals surface area contributed by atoms with Crippen molar-refractivity contribution in [2.75, 3.05) is 38.7 Å². The van der Waals surface area contributed by atoms with Gasteiger partial charge in [0.2, 0.25) is 0 Å². The number of pyridine rings is 1. The summed E-state index contributed by atoms with van der Waals surface area (Å²) >= 11 is 0. The van der Waals surface area contributed by atoms with Gasteiger partial charge in [-0.2, -0.15) is 0 Å². The Hall–Kier alpha value is -1.88. The minimum atomic E-state index is -0.130. The van der Waals surface area contributed by atoms with Gasteiger partial charge in [-0.15, -0.1) is 6.58 Å². The molecule has 0 spiro atoms. The number of hydrogen-bond acceptors (Lipinski definition) is 4. The maximum Gasteiger partial charge on any atom is 0.254 e. The van der Waals surface area contributed by atoms with Crippen molar-refractivity contribution in [2.24, 2.45) is 0 Å². The second kappa shape index (κ2) is 6.76. The van der Waals surface area contributed by atoms with Crippen LogP contribution in [0.4, 0.5) is 5.82 Å². The van der Waals surface area contributed by atoms with Crippen LogP contribution in [0.25, 0.3) is 0 Å². The van der Waals surface area contributed by atoms with E-state index in [2.05, 4.69) is 11.6 Å². The molecule has 1 aromatic rings. The summed E-state index contributed by atoms with van der Waals surface area (Å²) in [6, 6.07) is 3.40. The van der Waals surface area contributed by atoms with E-state index in [9.17, 15) is 4.79 Å². The summed E-state index contributed by atoms with van der Waals surface area (Å²) in [5.41, 5.74) is 0.559. The highest BCUT2D eigenvalue weighted by atomic mass is 16.3. The SMILES string of the molecule is C=CCN(CCO)C(=O)c1ccnc(N(C)C)c1. The van der Waals surface area contributed by atoms with Gasteiger partial charge in [-0.05, 0) is 12.1 Å². The Balaban J connectivity index is 2.93. The predicted octanol–water partition coefficient (Wildman–Crippen LogP) is 0.768. The molecule has 0 saturated heterocycles. The quantitative estimate of drug-likeness (QED) is 0.757. The van der Waals surface area contributed by atoms with Crippen LogP contribution in [0.2, 0.25) is 0 Å². The fourth-order valence-electron chi connectivity index (χ4n) is 1.53. The van der Waals surface area contributed by atoms with Crippen molar-refractivity contribution >= 4 is 11.7 Å². The molecule has 0 fully saturated rings. The summed E-state index contributed by atoms with van der Waals surface area (Å²) in [6.07, 6.45) is 3.25. The van der Waals surface area contributed by atoms with Crippen LogP contribution in [-0.2, 0) is 0 Å². The Morgan fingerprint density at radius 1 is 1.56 bits per heavy atom. The zero-order chi connectivity index (χ0) is 13.5. The highest BCUT2D eigenvalue weighted by molar-refractivity contribution is 5.95. The molecule has 1 N–H and O–H groups in total. The van der Waals surface area contributed by atoms with E-state index in [1.807, 2.05) is 19.0 Å². The molecular weight excluding hydrogens is 230 g/mol. The molecule has 1 heterocycles. The molecule has 0 aliphatic rings. The van der Waals surface area contributed by atoms with Crippen molar-refractivity contribution in [1.29, 1.82) is 0 Å². The molecule has 98 valence electrons. The fraction of sp³-hybridized carbons (Fsp3) is 0.385. The lowest BCUT2D eigenvalue weighted by molar-refractivity contribution is 0.0743. The molecule has 0 aliphatic heterocycles. The van der Waals surface area contributed by atoms with Gasteiger partial charge < -0.3 is 14.9 Å². The van der Waals surface area contributed by atoms with Gasteiger partial charge in [-0.3, -0.25) is 4.79 Å². The van der Waals surface area contributed by atoms with Gasteiger partial charge in [0.15, 0.2) is 0 Å². The van der Waals surface area contributed by atoms with Crippen molar-refractivity contribution in [3.63, 3.8) is 0 Å². The molecule has 0 atom stereocenters. The van der Waals surface area contributed by atoms with E-state index in [4.69, 9.17) is 5.11 Å². The van der Waals surface area contributed by atoms with E-state index in [1.165, 1.54) is 0 Å². The van der Waals surface area contributed by atoms with Gasteiger partial charge in [-0.25, -0.2) is 4.98 Å². The van der Waals surface area contributed by atoms with Crippen molar-refractivity contribution in [2.45, 2.75) is 0 Å². The first-order chi connectivity index (χ1) is 8.60. The molecule has 1 aromatic heterocycles. The van der Waals surface area contributed by atoms with Crippen LogP contribution in [0.1, 0.15) is 10.4 Å². The standard InChI is InChI=1S/C13H19N3O2/c1-4-7-16(8-9-17)13(18)11-5-6-14-12(10-11)15(2)3/h4-6,10,17H,1,7-9H2,2-3H3. The Labute approximate surface area is 107 Å². The van der Waals surface area contributed by atoms with Gasteiger partial charge in [-0.1, -0.05) is 6.08 Å². The number of hydrogen-bond donors (Lipinski definition) is 1. The van der Waals surface area contributed by atoms with Crippen molar-refractivity contribution in [3.8, 4) is 0 Å². The topological polar surface area (TPSA) is 56.7 Å². The lowest BCUT2D eigenvalue weighted by Crippen LogP contribution is -2.33. The normalized spacial score (nSPS) is 9.94. The van der Waals surface area contributed by atoms with E-state index in [1.54, 1.807) is 29.3 Å². The first kappa shape index (κ1) is 14.2. The summed E-state index contributed by atoms with van der Waals surface area (Å²) in [5, 5.41) is 8.95. The molecule has 0 radical (unpaired) electrons. The highest BCUT2D eigenvalue weighted by Crippen LogP contribution is 2.11. The van der Waals surface area contributed by atoms with Gasteiger partial charge in [0.05, 0.1) is 6.61 Å². The number of anilines is 1. The molecule has 0 bridgehead atoms. The van der Waals surface area contributed by atoms with Gasteiger partial charge >= 0.3 is 0 Å². The number of nitrogens with zero attached hydrogens (tertiary/aromatic N) is 3. The van der Waals surface area contributed by atoms with E-state index in [0.717, 1.165) is 5.82 Å².